The lowest BCUT2D eigenvalue weighted by Crippen LogP contribution is -2.11. The first kappa shape index (κ1) is 11.3. The molecular formula is C15H19N3. The largest absolute Gasteiger partial charge is 0.385 e. The molecule has 0 aliphatic carbocycles. The molecule has 0 spiro atoms. The summed E-state index contributed by atoms with van der Waals surface area (Å²) in [4.78, 5) is 4.49. The highest BCUT2D eigenvalue weighted by Gasteiger charge is 2.11. The van der Waals surface area contributed by atoms with Gasteiger partial charge >= 0.3 is 0 Å². The van der Waals surface area contributed by atoms with Crippen LogP contribution in [-0.2, 0) is 13.0 Å². The third-order valence-electron chi connectivity index (χ3n) is 3.49. The molecule has 94 valence electrons. The summed E-state index contributed by atoms with van der Waals surface area (Å²) >= 11 is 0. The first-order valence-electron chi connectivity index (χ1n) is 6.77. The molecule has 0 unspecified atom stereocenters. The molecular weight excluding hydrogens is 222 g/mol. The van der Waals surface area contributed by atoms with E-state index in [0.717, 1.165) is 25.3 Å². The van der Waals surface area contributed by atoms with Crippen LogP contribution in [0.1, 0.15) is 25.3 Å². The standard InChI is InChI=1S/C15H19N3/c1-2-9-18-10-8-17-15(18)13-6-5-12-4-3-7-16-14(12)11-13/h5-6,8,10-11,16H,2-4,7,9H2,1H3. The van der Waals surface area contributed by atoms with E-state index < -0.39 is 0 Å². The average molecular weight is 241 g/mol. The quantitative estimate of drug-likeness (QED) is 0.893. The smallest absolute Gasteiger partial charge is 0.139 e. The van der Waals surface area contributed by atoms with Crippen LogP contribution >= 0.6 is 0 Å². The van der Waals surface area contributed by atoms with Gasteiger partial charge in [-0.2, -0.15) is 0 Å². The molecule has 3 heteroatoms. The molecule has 3 rings (SSSR count). The van der Waals surface area contributed by atoms with Crippen molar-refractivity contribution in [1.29, 1.82) is 0 Å². The van der Waals surface area contributed by atoms with Gasteiger partial charge in [-0.15, -0.1) is 0 Å². The van der Waals surface area contributed by atoms with Crippen molar-refractivity contribution in [2.75, 3.05) is 11.9 Å². The number of benzene rings is 1. The van der Waals surface area contributed by atoms with Crippen LogP contribution in [0.2, 0.25) is 0 Å². The van der Waals surface area contributed by atoms with E-state index in [1.54, 1.807) is 0 Å². The van der Waals surface area contributed by atoms with Crippen LogP contribution in [0.3, 0.4) is 0 Å². The lowest BCUT2D eigenvalue weighted by Gasteiger charge is -2.18. The third-order valence-corrected chi connectivity index (χ3v) is 3.49. The molecule has 1 aromatic heterocycles. The van der Waals surface area contributed by atoms with E-state index in [2.05, 4.69) is 46.2 Å². The fraction of sp³-hybridized carbons (Fsp3) is 0.400. The number of imidazole rings is 1. The van der Waals surface area contributed by atoms with Gasteiger partial charge in [-0.05, 0) is 30.9 Å². The molecule has 0 saturated heterocycles. The maximum absolute atomic E-state index is 4.49. The number of nitrogens with one attached hydrogen (secondary N) is 1. The molecule has 0 amide bonds. The molecule has 1 N–H and O–H groups in total. The highest BCUT2D eigenvalue weighted by atomic mass is 15.1. The second-order valence-electron chi connectivity index (χ2n) is 4.85. The number of hydrogen-bond acceptors (Lipinski definition) is 2. The fourth-order valence-corrected chi connectivity index (χ4v) is 2.59. The average Bonchev–Trinajstić information content (AvgIpc) is 2.87. The lowest BCUT2D eigenvalue weighted by molar-refractivity contribution is 0.685. The predicted octanol–water partition coefficient (Wildman–Crippen LogP) is 3.32. The molecule has 0 fully saturated rings. The van der Waals surface area contributed by atoms with E-state index in [1.165, 1.54) is 29.7 Å². The summed E-state index contributed by atoms with van der Waals surface area (Å²) in [6.07, 6.45) is 7.50. The van der Waals surface area contributed by atoms with Crippen molar-refractivity contribution in [3.8, 4) is 11.4 Å². The summed E-state index contributed by atoms with van der Waals surface area (Å²) in [7, 11) is 0. The first-order valence-corrected chi connectivity index (χ1v) is 6.77. The van der Waals surface area contributed by atoms with Crippen LogP contribution in [0, 0.1) is 0 Å². The Kier molecular flexibility index (Phi) is 3.05. The van der Waals surface area contributed by atoms with Crippen molar-refractivity contribution < 1.29 is 0 Å². The minimum Gasteiger partial charge on any atom is -0.385 e. The Labute approximate surface area is 108 Å². The summed E-state index contributed by atoms with van der Waals surface area (Å²) in [5.74, 6) is 1.08. The van der Waals surface area contributed by atoms with Gasteiger partial charge in [-0.1, -0.05) is 19.1 Å². The Morgan fingerprint density at radius 1 is 1.39 bits per heavy atom. The van der Waals surface area contributed by atoms with E-state index in [1.807, 2.05) is 6.20 Å². The van der Waals surface area contributed by atoms with Crippen LogP contribution in [-0.4, -0.2) is 16.1 Å². The Balaban J connectivity index is 1.98. The number of nitrogens with zero attached hydrogens (tertiary/aromatic N) is 2. The predicted molar refractivity (Wildman–Crippen MR) is 74.8 cm³/mol. The zero-order chi connectivity index (χ0) is 12.4. The SMILES string of the molecule is CCCn1ccnc1-c1ccc2c(c1)NCCC2. The molecule has 0 bridgehead atoms. The Morgan fingerprint density at radius 2 is 2.33 bits per heavy atom. The number of fused-ring (bicyclic) bond motifs is 1. The third kappa shape index (κ3) is 2.01. The summed E-state index contributed by atoms with van der Waals surface area (Å²) in [6.45, 7) is 4.30. The van der Waals surface area contributed by atoms with Crippen LogP contribution in [0.15, 0.2) is 30.6 Å². The van der Waals surface area contributed by atoms with Crippen LogP contribution in [0.25, 0.3) is 11.4 Å². The number of aryl methyl sites for hydroxylation is 2. The summed E-state index contributed by atoms with van der Waals surface area (Å²) in [6, 6.07) is 6.67. The number of rotatable bonds is 3. The number of anilines is 1. The minimum absolute atomic E-state index is 1.03. The van der Waals surface area contributed by atoms with Gasteiger partial charge in [0, 0.05) is 36.7 Å². The van der Waals surface area contributed by atoms with Crippen molar-refractivity contribution in [3.63, 3.8) is 0 Å². The molecule has 1 aromatic carbocycles. The highest BCUT2D eigenvalue weighted by molar-refractivity contribution is 5.66. The maximum atomic E-state index is 4.49. The van der Waals surface area contributed by atoms with Crippen molar-refractivity contribution in [1.82, 2.24) is 9.55 Å². The van der Waals surface area contributed by atoms with Crippen molar-refractivity contribution in [2.24, 2.45) is 0 Å². The minimum atomic E-state index is 1.03. The zero-order valence-electron chi connectivity index (χ0n) is 10.8. The van der Waals surface area contributed by atoms with Crippen LogP contribution < -0.4 is 5.32 Å². The Bertz CT molecular complexity index is 542. The molecule has 3 nitrogen and oxygen atoms in total. The molecule has 1 aliphatic rings. The fourth-order valence-electron chi connectivity index (χ4n) is 2.59. The summed E-state index contributed by atoms with van der Waals surface area (Å²) in [5, 5.41) is 3.48. The van der Waals surface area contributed by atoms with Gasteiger partial charge in [0.1, 0.15) is 5.82 Å². The summed E-state index contributed by atoms with van der Waals surface area (Å²) in [5.41, 5.74) is 3.92. The Hall–Kier alpha value is -1.77. The topological polar surface area (TPSA) is 29.9 Å². The van der Waals surface area contributed by atoms with Gasteiger partial charge < -0.3 is 9.88 Å². The number of hydrogen-bond donors (Lipinski definition) is 1. The van der Waals surface area contributed by atoms with Gasteiger partial charge in [0.25, 0.3) is 0 Å². The molecule has 18 heavy (non-hydrogen) atoms. The molecule has 0 saturated carbocycles. The van der Waals surface area contributed by atoms with Crippen molar-refractivity contribution in [3.05, 3.63) is 36.2 Å². The van der Waals surface area contributed by atoms with E-state index >= 15 is 0 Å². The van der Waals surface area contributed by atoms with Crippen molar-refractivity contribution in [2.45, 2.75) is 32.7 Å². The second kappa shape index (κ2) is 4.84. The Morgan fingerprint density at radius 3 is 3.22 bits per heavy atom. The second-order valence-corrected chi connectivity index (χ2v) is 4.85. The van der Waals surface area contributed by atoms with E-state index in [-0.39, 0.29) is 0 Å². The first-order chi connectivity index (χ1) is 8.88. The van der Waals surface area contributed by atoms with Gasteiger partial charge in [0.05, 0.1) is 0 Å². The summed E-state index contributed by atoms with van der Waals surface area (Å²) < 4.78 is 2.23. The monoisotopic (exact) mass is 241 g/mol. The van der Waals surface area contributed by atoms with Crippen LogP contribution in [0.4, 0.5) is 5.69 Å². The van der Waals surface area contributed by atoms with E-state index in [9.17, 15) is 0 Å². The molecule has 0 atom stereocenters. The van der Waals surface area contributed by atoms with Gasteiger partial charge in [0.15, 0.2) is 0 Å². The lowest BCUT2D eigenvalue weighted by atomic mass is 10.0. The molecule has 2 aromatic rings. The van der Waals surface area contributed by atoms with Gasteiger partial charge in [-0.3, -0.25) is 0 Å². The highest BCUT2D eigenvalue weighted by Crippen LogP contribution is 2.27. The van der Waals surface area contributed by atoms with Gasteiger partial charge in [-0.25, -0.2) is 4.98 Å². The maximum Gasteiger partial charge on any atom is 0.139 e. The molecule has 0 radical (unpaired) electrons. The van der Waals surface area contributed by atoms with Crippen molar-refractivity contribution >= 4 is 5.69 Å². The normalized spacial score (nSPS) is 14.1. The zero-order valence-corrected chi connectivity index (χ0v) is 10.8. The van der Waals surface area contributed by atoms with E-state index in [0.29, 0.717) is 0 Å². The molecule has 1 aliphatic heterocycles. The van der Waals surface area contributed by atoms with Crippen LogP contribution in [0.5, 0.6) is 0 Å². The molecule has 2 heterocycles. The number of aromatic nitrogens is 2. The van der Waals surface area contributed by atoms with E-state index in [4.69, 9.17) is 0 Å². The van der Waals surface area contributed by atoms with Gasteiger partial charge in [0.2, 0.25) is 0 Å².